The number of aromatic nitrogens is 1. The van der Waals surface area contributed by atoms with Gasteiger partial charge in [0.25, 0.3) is 11.7 Å². The van der Waals surface area contributed by atoms with Crippen molar-refractivity contribution in [2.75, 3.05) is 5.32 Å². The lowest BCUT2D eigenvalue weighted by Crippen LogP contribution is -2.26. The van der Waals surface area contributed by atoms with E-state index in [0.29, 0.717) is 15.6 Å². The predicted octanol–water partition coefficient (Wildman–Crippen LogP) is 6.84. The molecular weight excluding hydrogens is 476 g/mol. The molecule has 0 spiro atoms. The van der Waals surface area contributed by atoms with Crippen LogP contribution < -0.4 is 5.32 Å². The van der Waals surface area contributed by atoms with E-state index in [9.17, 15) is 22.8 Å². The third-order valence-electron chi connectivity index (χ3n) is 5.01. The number of nitrogens with zero attached hydrogens (tertiary/aromatic N) is 1. The minimum absolute atomic E-state index is 0.0324. The Hall–Kier alpha value is -3.29. The van der Waals surface area contributed by atoms with Crippen molar-refractivity contribution >= 4 is 51.5 Å². The van der Waals surface area contributed by atoms with Crippen molar-refractivity contribution in [1.29, 1.82) is 0 Å². The summed E-state index contributed by atoms with van der Waals surface area (Å²) in [6.45, 7) is -0.171. The van der Waals surface area contributed by atoms with E-state index >= 15 is 0 Å². The van der Waals surface area contributed by atoms with Crippen LogP contribution in [0.3, 0.4) is 0 Å². The Kier molecular flexibility index (Phi) is 6.19. The van der Waals surface area contributed by atoms with Crippen LogP contribution in [0, 0.1) is 0 Å². The van der Waals surface area contributed by atoms with Gasteiger partial charge in [-0.2, -0.15) is 13.2 Å². The Morgan fingerprint density at radius 2 is 1.58 bits per heavy atom. The van der Waals surface area contributed by atoms with Gasteiger partial charge in [-0.1, -0.05) is 59.6 Å². The molecule has 1 aromatic heterocycles. The van der Waals surface area contributed by atoms with Gasteiger partial charge in [-0.05, 0) is 42.0 Å². The minimum Gasteiger partial charge on any atom is -0.332 e. The van der Waals surface area contributed by atoms with Crippen molar-refractivity contribution in [3.8, 4) is 0 Å². The summed E-state index contributed by atoms with van der Waals surface area (Å²) in [6, 6.07) is 18.3. The number of ketones is 1. The highest BCUT2D eigenvalue weighted by Crippen LogP contribution is 2.39. The van der Waals surface area contributed by atoms with Crippen molar-refractivity contribution < 1.29 is 22.8 Å². The first-order valence-electron chi connectivity index (χ1n) is 9.69. The third kappa shape index (κ3) is 4.74. The number of benzene rings is 3. The summed E-state index contributed by atoms with van der Waals surface area (Å²) in [6.07, 6.45) is -4.90. The molecule has 4 nitrogen and oxygen atoms in total. The molecule has 33 heavy (non-hydrogen) atoms. The van der Waals surface area contributed by atoms with E-state index in [1.807, 2.05) is 0 Å². The first-order valence-corrected chi connectivity index (χ1v) is 10.4. The van der Waals surface area contributed by atoms with Crippen molar-refractivity contribution in [2.24, 2.45) is 0 Å². The second-order valence-corrected chi connectivity index (χ2v) is 8.12. The fourth-order valence-electron chi connectivity index (χ4n) is 3.63. The van der Waals surface area contributed by atoms with Crippen molar-refractivity contribution in [3.05, 3.63) is 99.7 Å². The van der Waals surface area contributed by atoms with E-state index in [4.69, 9.17) is 23.2 Å². The molecule has 0 atom stereocenters. The topological polar surface area (TPSA) is 51.1 Å². The molecule has 0 unspecified atom stereocenters. The number of carbonyl (C=O) groups excluding carboxylic acids is 2. The Morgan fingerprint density at radius 1 is 0.879 bits per heavy atom. The molecule has 0 aliphatic heterocycles. The van der Waals surface area contributed by atoms with Gasteiger partial charge >= 0.3 is 6.18 Å². The lowest BCUT2D eigenvalue weighted by molar-refractivity contribution is -0.143. The average molecular weight is 491 g/mol. The predicted molar refractivity (Wildman–Crippen MR) is 122 cm³/mol. The molecular formula is C24H15Cl2F3N2O2. The molecule has 4 aromatic rings. The Morgan fingerprint density at radius 3 is 2.24 bits per heavy atom. The summed E-state index contributed by atoms with van der Waals surface area (Å²) >= 11 is 11.8. The van der Waals surface area contributed by atoms with Crippen LogP contribution in [0.1, 0.15) is 21.6 Å². The van der Waals surface area contributed by atoms with E-state index in [2.05, 4.69) is 5.32 Å². The van der Waals surface area contributed by atoms with E-state index in [-0.39, 0.29) is 23.1 Å². The zero-order chi connectivity index (χ0) is 23.8. The number of anilines is 1. The van der Waals surface area contributed by atoms with Gasteiger partial charge in [0.2, 0.25) is 0 Å². The number of amides is 1. The minimum atomic E-state index is -4.90. The van der Waals surface area contributed by atoms with Gasteiger partial charge in [-0.25, -0.2) is 0 Å². The number of alkyl halides is 3. The van der Waals surface area contributed by atoms with E-state index in [1.165, 1.54) is 30.3 Å². The maximum absolute atomic E-state index is 14.3. The summed E-state index contributed by atoms with van der Waals surface area (Å²) in [5.41, 5.74) is -0.970. The number of carbonyl (C=O) groups is 2. The standard InChI is InChI=1S/C24H15Cl2F3N2O2/c25-15-10-8-14(9-11-15)13-31-19-7-2-1-6-18(19)20(22(31)24(27,28)29)21(32)23(33)30-17-5-3-4-16(26)12-17/h1-12H,13H2,(H,30,33). The number of hydrogen-bond acceptors (Lipinski definition) is 2. The molecule has 9 heteroatoms. The normalized spacial score (nSPS) is 11.5. The fourth-order valence-corrected chi connectivity index (χ4v) is 3.95. The van der Waals surface area contributed by atoms with Crippen molar-refractivity contribution in [3.63, 3.8) is 0 Å². The Balaban J connectivity index is 1.84. The first-order chi connectivity index (χ1) is 15.6. The second-order valence-electron chi connectivity index (χ2n) is 7.24. The summed E-state index contributed by atoms with van der Waals surface area (Å²) in [7, 11) is 0. The SMILES string of the molecule is O=C(Nc1cccc(Cl)c1)C(=O)c1c(C(F)(F)F)n(Cc2ccc(Cl)cc2)c2ccccc12. The molecule has 0 radical (unpaired) electrons. The van der Waals surface area contributed by atoms with Gasteiger partial charge in [-0.15, -0.1) is 0 Å². The largest absolute Gasteiger partial charge is 0.432 e. The molecule has 0 aliphatic carbocycles. The first kappa shape index (κ1) is 22.9. The fraction of sp³-hybridized carbons (Fsp3) is 0.0833. The Labute approximate surface area is 196 Å². The zero-order valence-electron chi connectivity index (χ0n) is 16.8. The lowest BCUT2D eigenvalue weighted by Gasteiger charge is -2.15. The van der Waals surface area contributed by atoms with Crippen LogP contribution >= 0.6 is 23.2 Å². The van der Waals surface area contributed by atoms with E-state index in [0.717, 1.165) is 4.57 Å². The lowest BCUT2D eigenvalue weighted by atomic mass is 10.1. The number of fused-ring (bicyclic) bond motifs is 1. The van der Waals surface area contributed by atoms with Gasteiger partial charge < -0.3 is 9.88 Å². The molecule has 0 fully saturated rings. The Bertz CT molecular complexity index is 1360. The van der Waals surface area contributed by atoms with Crippen LogP contribution in [-0.4, -0.2) is 16.3 Å². The van der Waals surface area contributed by atoms with Crippen molar-refractivity contribution in [2.45, 2.75) is 12.7 Å². The van der Waals surface area contributed by atoms with E-state index in [1.54, 1.807) is 42.5 Å². The van der Waals surface area contributed by atoms with Crippen LogP contribution in [0.25, 0.3) is 10.9 Å². The highest BCUT2D eigenvalue weighted by atomic mass is 35.5. The van der Waals surface area contributed by atoms with Gasteiger partial charge in [-0.3, -0.25) is 9.59 Å². The summed E-state index contributed by atoms with van der Waals surface area (Å²) in [4.78, 5) is 25.7. The van der Waals surface area contributed by atoms with E-state index < -0.39 is 29.1 Å². The van der Waals surface area contributed by atoms with Crippen LogP contribution in [-0.2, 0) is 17.5 Å². The molecule has 3 aromatic carbocycles. The molecule has 0 bridgehead atoms. The van der Waals surface area contributed by atoms with Gasteiger partial charge in [0.15, 0.2) is 0 Å². The smallest absolute Gasteiger partial charge is 0.332 e. The van der Waals surface area contributed by atoms with Gasteiger partial charge in [0.05, 0.1) is 5.56 Å². The zero-order valence-corrected chi connectivity index (χ0v) is 18.3. The highest BCUT2D eigenvalue weighted by molar-refractivity contribution is 6.48. The average Bonchev–Trinajstić information content (AvgIpc) is 3.09. The molecule has 1 N–H and O–H groups in total. The van der Waals surface area contributed by atoms with Crippen molar-refractivity contribution in [1.82, 2.24) is 4.57 Å². The molecule has 0 aliphatic rings. The molecule has 0 saturated carbocycles. The van der Waals surface area contributed by atoms with Crippen LogP contribution in [0.2, 0.25) is 10.0 Å². The van der Waals surface area contributed by atoms with Crippen LogP contribution in [0.4, 0.5) is 18.9 Å². The number of nitrogens with one attached hydrogen (secondary N) is 1. The number of Topliss-reactive ketones (excluding diaryl/α,β-unsaturated/α-hetero) is 1. The molecule has 1 amide bonds. The highest BCUT2D eigenvalue weighted by Gasteiger charge is 2.42. The quantitative estimate of drug-likeness (QED) is 0.246. The third-order valence-corrected chi connectivity index (χ3v) is 5.50. The van der Waals surface area contributed by atoms with Gasteiger partial charge in [0, 0.05) is 33.2 Å². The maximum atomic E-state index is 14.3. The monoisotopic (exact) mass is 490 g/mol. The van der Waals surface area contributed by atoms with Gasteiger partial charge in [0.1, 0.15) is 5.69 Å². The summed E-state index contributed by atoms with van der Waals surface area (Å²) < 4.78 is 43.8. The van der Waals surface area contributed by atoms with Crippen LogP contribution in [0.5, 0.6) is 0 Å². The maximum Gasteiger partial charge on any atom is 0.432 e. The van der Waals surface area contributed by atoms with Crippen LogP contribution in [0.15, 0.2) is 72.8 Å². The summed E-state index contributed by atoms with van der Waals surface area (Å²) in [5.74, 6) is -2.49. The number of hydrogen-bond donors (Lipinski definition) is 1. The number of halogens is 5. The molecule has 0 saturated heterocycles. The summed E-state index contributed by atoms with van der Waals surface area (Å²) in [5, 5.41) is 3.10. The molecule has 4 rings (SSSR count). The number of rotatable bonds is 5. The molecule has 168 valence electrons. The second kappa shape index (κ2) is 8.92. The molecule has 1 heterocycles. The number of para-hydroxylation sites is 1.